The van der Waals surface area contributed by atoms with Crippen LogP contribution in [-0.4, -0.2) is 13.6 Å². The van der Waals surface area contributed by atoms with Gasteiger partial charge in [0.25, 0.3) is 0 Å². The maximum atomic E-state index is 10.9. The highest BCUT2D eigenvalue weighted by atomic mass is 35.5. The van der Waals surface area contributed by atoms with E-state index in [1.165, 1.54) is 0 Å². The van der Waals surface area contributed by atoms with Crippen molar-refractivity contribution in [1.29, 1.82) is 0 Å². The molecule has 0 aliphatic heterocycles. The van der Waals surface area contributed by atoms with Crippen LogP contribution in [0, 0.1) is 0 Å². The molecule has 0 aliphatic carbocycles. The molecule has 0 saturated carbocycles. The summed E-state index contributed by atoms with van der Waals surface area (Å²) in [6.45, 7) is 0. The standard InChI is InChI=1S/C8H6ClN3OS2/c9-6-4-2-1-3-5(6)7-11-8(14-12-7)15(10)13/h1-4H,10H2. The van der Waals surface area contributed by atoms with Crippen LogP contribution in [0.4, 0.5) is 0 Å². The second-order valence-corrected chi connectivity index (χ2v) is 5.06. The van der Waals surface area contributed by atoms with Crippen molar-refractivity contribution in [3.05, 3.63) is 29.3 Å². The molecular weight excluding hydrogens is 254 g/mol. The van der Waals surface area contributed by atoms with E-state index in [1.807, 2.05) is 12.1 Å². The Bertz CT molecular complexity index is 514. The van der Waals surface area contributed by atoms with Crippen molar-refractivity contribution in [2.24, 2.45) is 5.14 Å². The highest BCUT2D eigenvalue weighted by molar-refractivity contribution is 7.84. The number of hydrogen-bond donors (Lipinski definition) is 1. The van der Waals surface area contributed by atoms with E-state index in [-0.39, 0.29) is 0 Å². The molecule has 1 aromatic heterocycles. The summed E-state index contributed by atoms with van der Waals surface area (Å²) in [7, 11) is -1.59. The summed E-state index contributed by atoms with van der Waals surface area (Å²) in [5.41, 5.74) is 0.715. The molecule has 0 fully saturated rings. The van der Waals surface area contributed by atoms with Crippen LogP contribution in [0.2, 0.25) is 5.02 Å². The summed E-state index contributed by atoms with van der Waals surface area (Å²) in [6, 6.07) is 7.20. The third kappa shape index (κ3) is 2.23. The minimum atomic E-state index is -1.59. The van der Waals surface area contributed by atoms with E-state index >= 15 is 0 Å². The van der Waals surface area contributed by atoms with Crippen LogP contribution in [0.1, 0.15) is 0 Å². The first-order chi connectivity index (χ1) is 7.18. The predicted molar refractivity (Wildman–Crippen MR) is 61.0 cm³/mol. The fraction of sp³-hybridized carbons (Fsp3) is 0. The summed E-state index contributed by atoms with van der Waals surface area (Å²) in [4.78, 5) is 4.04. The molecule has 2 N–H and O–H groups in total. The molecule has 0 radical (unpaired) electrons. The molecule has 78 valence electrons. The molecule has 1 unspecified atom stereocenters. The molecule has 0 saturated heterocycles. The van der Waals surface area contributed by atoms with Gasteiger partial charge in [-0.05, 0) is 23.7 Å². The van der Waals surface area contributed by atoms with Crippen LogP contribution < -0.4 is 5.14 Å². The van der Waals surface area contributed by atoms with Crippen LogP contribution in [0.15, 0.2) is 28.6 Å². The van der Waals surface area contributed by atoms with Gasteiger partial charge in [0.05, 0.1) is 5.02 Å². The van der Waals surface area contributed by atoms with Gasteiger partial charge < -0.3 is 0 Å². The summed E-state index contributed by atoms with van der Waals surface area (Å²) >= 11 is 6.98. The Balaban J connectivity index is 2.46. The van der Waals surface area contributed by atoms with Crippen molar-refractivity contribution in [3.8, 4) is 11.4 Å². The predicted octanol–water partition coefficient (Wildman–Crippen LogP) is 1.84. The SMILES string of the molecule is NS(=O)c1nc(-c2ccccc2Cl)ns1. The average molecular weight is 260 g/mol. The van der Waals surface area contributed by atoms with Crippen molar-refractivity contribution in [2.75, 3.05) is 0 Å². The zero-order valence-corrected chi connectivity index (χ0v) is 9.77. The van der Waals surface area contributed by atoms with Crippen LogP contribution >= 0.6 is 23.1 Å². The normalized spacial score (nSPS) is 12.7. The number of nitrogens with two attached hydrogens (primary N) is 1. The summed E-state index contributed by atoms with van der Waals surface area (Å²) in [5.74, 6) is 0.458. The minimum Gasteiger partial charge on any atom is -0.245 e. The Kier molecular flexibility index (Phi) is 3.11. The number of nitrogens with zero attached hydrogens (tertiary/aromatic N) is 2. The zero-order valence-electron chi connectivity index (χ0n) is 7.38. The van der Waals surface area contributed by atoms with Gasteiger partial charge in [-0.1, -0.05) is 23.7 Å². The van der Waals surface area contributed by atoms with Crippen molar-refractivity contribution in [1.82, 2.24) is 9.36 Å². The molecule has 2 aromatic rings. The molecule has 0 spiro atoms. The third-order valence-electron chi connectivity index (χ3n) is 1.69. The summed E-state index contributed by atoms with van der Waals surface area (Å²) in [5, 5.41) is 5.75. The lowest BCUT2D eigenvalue weighted by molar-refractivity contribution is 0.684. The number of benzene rings is 1. The first-order valence-electron chi connectivity index (χ1n) is 3.93. The number of hydrogen-bond acceptors (Lipinski definition) is 4. The van der Waals surface area contributed by atoms with Crippen molar-refractivity contribution < 1.29 is 4.21 Å². The van der Waals surface area contributed by atoms with Gasteiger partial charge in [-0.15, -0.1) is 0 Å². The van der Waals surface area contributed by atoms with E-state index in [1.54, 1.807) is 12.1 Å². The molecule has 0 bridgehead atoms. The van der Waals surface area contributed by atoms with Crippen molar-refractivity contribution >= 4 is 34.1 Å². The maximum absolute atomic E-state index is 10.9. The van der Waals surface area contributed by atoms with Crippen LogP contribution in [0.5, 0.6) is 0 Å². The number of halogens is 1. The first-order valence-corrected chi connectivity index (χ1v) is 6.29. The topological polar surface area (TPSA) is 68.9 Å². The van der Waals surface area contributed by atoms with E-state index in [9.17, 15) is 4.21 Å². The highest BCUT2D eigenvalue weighted by Crippen LogP contribution is 2.26. The molecule has 15 heavy (non-hydrogen) atoms. The first kappa shape index (κ1) is 10.7. The molecule has 7 heteroatoms. The lowest BCUT2D eigenvalue weighted by atomic mass is 10.2. The molecule has 4 nitrogen and oxygen atoms in total. The monoisotopic (exact) mass is 259 g/mol. The molecule has 0 amide bonds. The van der Waals surface area contributed by atoms with Gasteiger partial charge in [0, 0.05) is 5.56 Å². The second-order valence-electron chi connectivity index (χ2n) is 2.66. The number of aromatic nitrogens is 2. The van der Waals surface area contributed by atoms with Crippen molar-refractivity contribution in [3.63, 3.8) is 0 Å². The van der Waals surface area contributed by atoms with Gasteiger partial charge in [0.15, 0.2) is 16.8 Å². The van der Waals surface area contributed by atoms with Gasteiger partial charge in [-0.3, -0.25) is 0 Å². The summed E-state index contributed by atoms with van der Waals surface area (Å²) < 4.78 is 15.3. The summed E-state index contributed by atoms with van der Waals surface area (Å²) in [6.07, 6.45) is 0. The highest BCUT2D eigenvalue weighted by Gasteiger charge is 2.11. The van der Waals surface area contributed by atoms with E-state index in [4.69, 9.17) is 16.7 Å². The van der Waals surface area contributed by atoms with E-state index in [2.05, 4.69) is 9.36 Å². The smallest absolute Gasteiger partial charge is 0.216 e. The van der Waals surface area contributed by atoms with E-state index in [0.717, 1.165) is 11.5 Å². The molecule has 1 aromatic carbocycles. The van der Waals surface area contributed by atoms with E-state index in [0.29, 0.717) is 20.8 Å². The zero-order chi connectivity index (χ0) is 10.8. The second kappa shape index (κ2) is 4.36. The minimum absolute atomic E-state index is 0.296. The molecular formula is C8H6ClN3OS2. The average Bonchev–Trinajstić information content (AvgIpc) is 2.67. The van der Waals surface area contributed by atoms with Crippen LogP contribution in [-0.2, 0) is 11.0 Å². The quantitative estimate of drug-likeness (QED) is 0.895. The molecule has 0 aliphatic rings. The van der Waals surface area contributed by atoms with Gasteiger partial charge in [-0.25, -0.2) is 14.3 Å². The van der Waals surface area contributed by atoms with Gasteiger partial charge in [0.2, 0.25) is 4.34 Å². The Labute approximate surface area is 97.9 Å². The fourth-order valence-electron chi connectivity index (χ4n) is 1.04. The molecule has 2 rings (SSSR count). The molecule has 1 atom stereocenters. The largest absolute Gasteiger partial charge is 0.245 e. The Hall–Kier alpha value is -0.820. The van der Waals surface area contributed by atoms with Gasteiger partial charge in [0.1, 0.15) is 0 Å². The van der Waals surface area contributed by atoms with Gasteiger partial charge in [-0.2, -0.15) is 4.37 Å². The molecule has 1 heterocycles. The Morgan fingerprint density at radius 1 is 1.40 bits per heavy atom. The van der Waals surface area contributed by atoms with Crippen molar-refractivity contribution in [2.45, 2.75) is 4.34 Å². The number of rotatable bonds is 2. The third-order valence-corrected chi connectivity index (χ3v) is 3.69. The lowest BCUT2D eigenvalue weighted by Crippen LogP contribution is -2.01. The fourth-order valence-corrected chi connectivity index (χ4v) is 2.28. The lowest BCUT2D eigenvalue weighted by Gasteiger charge is -1.96. The van der Waals surface area contributed by atoms with Gasteiger partial charge >= 0.3 is 0 Å². The Morgan fingerprint density at radius 3 is 2.73 bits per heavy atom. The van der Waals surface area contributed by atoms with Crippen LogP contribution in [0.25, 0.3) is 11.4 Å². The van der Waals surface area contributed by atoms with Crippen LogP contribution in [0.3, 0.4) is 0 Å². The van der Waals surface area contributed by atoms with E-state index < -0.39 is 11.0 Å². The maximum Gasteiger partial charge on any atom is 0.216 e. The Morgan fingerprint density at radius 2 is 2.13 bits per heavy atom.